The van der Waals surface area contributed by atoms with Crippen molar-refractivity contribution in [1.29, 1.82) is 0 Å². The Morgan fingerprint density at radius 1 is 1.17 bits per heavy atom. The third-order valence-corrected chi connectivity index (χ3v) is 4.39. The first-order valence-corrected chi connectivity index (χ1v) is 7.96. The lowest BCUT2D eigenvalue weighted by molar-refractivity contribution is -0.128. The second kappa shape index (κ2) is 6.10. The molecular formula is C16H12BrN3O2S. The number of halogens is 1. The standard InChI is InChI=1S/C16H12BrN3O2S/c1-19-15(22)13(14(21)18-16(19)23)9-12-3-2-8-20(12)11-6-4-10(17)5-7-11/h2-9H,1H3,(H,18,21,23). The first kappa shape index (κ1) is 15.6. The van der Waals surface area contributed by atoms with Crippen LogP contribution < -0.4 is 5.32 Å². The Labute approximate surface area is 146 Å². The summed E-state index contributed by atoms with van der Waals surface area (Å²) in [6, 6.07) is 11.4. The van der Waals surface area contributed by atoms with Gasteiger partial charge in [-0.2, -0.15) is 0 Å². The molecule has 0 spiro atoms. The van der Waals surface area contributed by atoms with Gasteiger partial charge in [-0.3, -0.25) is 19.8 Å². The molecular weight excluding hydrogens is 378 g/mol. The van der Waals surface area contributed by atoms with Gasteiger partial charge < -0.3 is 4.57 Å². The molecule has 0 radical (unpaired) electrons. The topological polar surface area (TPSA) is 54.3 Å². The van der Waals surface area contributed by atoms with Crippen LogP contribution in [0.1, 0.15) is 5.69 Å². The monoisotopic (exact) mass is 389 g/mol. The summed E-state index contributed by atoms with van der Waals surface area (Å²) in [7, 11) is 1.53. The number of rotatable bonds is 2. The molecule has 1 saturated heterocycles. The van der Waals surface area contributed by atoms with Gasteiger partial charge in [-0.05, 0) is 54.7 Å². The van der Waals surface area contributed by atoms with Crippen LogP contribution in [0.2, 0.25) is 0 Å². The Kier molecular flexibility index (Phi) is 4.14. The second-order valence-corrected chi connectivity index (χ2v) is 6.26. The predicted molar refractivity (Wildman–Crippen MR) is 95.0 cm³/mol. The number of aromatic nitrogens is 1. The molecule has 0 aliphatic carbocycles. The van der Waals surface area contributed by atoms with E-state index in [0.29, 0.717) is 0 Å². The van der Waals surface area contributed by atoms with Gasteiger partial charge >= 0.3 is 0 Å². The highest BCUT2D eigenvalue weighted by Gasteiger charge is 2.30. The maximum Gasteiger partial charge on any atom is 0.265 e. The van der Waals surface area contributed by atoms with E-state index >= 15 is 0 Å². The zero-order valence-electron chi connectivity index (χ0n) is 12.1. The zero-order chi connectivity index (χ0) is 16.6. The maximum atomic E-state index is 12.3. The summed E-state index contributed by atoms with van der Waals surface area (Å²) in [6.45, 7) is 0. The number of carbonyl (C=O) groups is 2. The minimum Gasteiger partial charge on any atom is -0.317 e. The lowest BCUT2D eigenvalue weighted by atomic mass is 10.1. The first-order chi connectivity index (χ1) is 11.0. The van der Waals surface area contributed by atoms with Crippen molar-refractivity contribution >= 4 is 51.2 Å². The van der Waals surface area contributed by atoms with E-state index in [1.165, 1.54) is 11.9 Å². The fourth-order valence-electron chi connectivity index (χ4n) is 2.24. The number of likely N-dealkylation sites (N-methyl/N-ethyl adjacent to an activating group) is 1. The van der Waals surface area contributed by atoms with Gasteiger partial charge in [0, 0.05) is 29.1 Å². The number of carbonyl (C=O) groups excluding carboxylic acids is 2. The average Bonchev–Trinajstić information content (AvgIpc) is 2.98. The Hall–Kier alpha value is -2.25. The molecule has 0 unspecified atom stereocenters. The third-order valence-electron chi connectivity index (χ3n) is 3.48. The van der Waals surface area contributed by atoms with Crippen LogP contribution in [0, 0.1) is 0 Å². The summed E-state index contributed by atoms with van der Waals surface area (Å²) in [5.41, 5.74) is 1.71. The predicted octanol–water partition coefficient (Wildman–Crippen LogP) is 2.50. The van der Waals surface area contributed by atoms with Crippen molar-refractivity contribution in [3.05, 3.63) is 58.3 Å². The molecule has 0 bridgehead atoms. The molecule has 1 aliphatic heterocycles. The summed E-state index contributed by atoms with van der Waals surface area (Å²) in [4.78, 5) is 25.6. The quantitative estimate of drug-likeness (QED) is 0.487. The maximum absolute atomic E-state index is 12.3. The van der Waals surface area contributed by atoms with Crippen molar-refractivity contribution in [2.24, 2.45) is 0 Å². The molecule has 1 fully saturated rings. The Balaban J connectivity index is 2.02. The van der Waals surface area contributed by atoms with Crippen molar-refractivity contribution in [3.63, 3.8) is 0 Å². The minimum absolute atomic E-state index is 0.0539. The molecule has 1 aromatic heterocycles. The van der Waals surface area contributed by atoms with Gasteiger partial charge in [-0.15, -0.1) is 0 Å². The molecule has 2 amide bonds. The molecule has 116 valence electrons. The van der Waals surface area contributed by atoms with Crippen molar-refractivity contribution in [2.75, 3.05) is 7.05 Å². The van der Waals surface area contributed by atoms with Crippen LogP contribution in [0.25, 0.3) is 11.8 Å². The van der Waals surface area contributed by atoms with Crippen molar-refractivity contribution in [3.8, 4) is 5.69 Å². The van der Waals surface area contributed by atoms with E-state index in [9.17, 15) is 9.59 Å². The number of nitrogens with zero attached hydrogens (tertiary/aromatic N) is 2. The lowest BCUT2D eigenvalue weighted by Gasteiger charge is -2.25. The van der Waals surface area contributed by atoms with E-state index in [1.54, 1.807) is 6.08 Å². The molecule has 23 heavy (non-hydrogen) atoms. The van der Waals surface area contributed by atoms with Crippen LogP contribution in [0.4, 0.5) is 0 Å². The average molecular weight is 390 g/mol. The lowest BCUT2D eigenvalue weighted by Crippen LogP contribution is -2.52. The summed E-state index contributed by atoms with van der Waals surface area (Å²) in [5.74, 6) is -0.899. The van der Waals surface area contributed by atoms with Gasteiger partial charge in [0.05, 0.1) is 0 Å². The van der Waals surface area contributed by atoms with Crippen LogP contribution in [-0.4, -0.2) is 33.4 Å². The highest BCUT2D eigenvalue weighted by molar-refractivity contribution is 9.10. The molecule has 1 N–H and O–H groups in total. The van der Waals surface area contributed by atoms with Crippen molar-refractivity contribution < 1.29 is 9.59 Å². The molecule has 0 saturated carbocycles. The van der Waals surface area contributed by atoms with Crippen LogP contribution in [-0.2, 0) is 9.59 Å². The number of thiocarbonyl (C=S) groups is 1. The van der Waals surface area contributed by atoms with E-state index in [4.69, 9.17) is 12.2 Å². The fourth-order valence-corrected chi connectivity index (χ4v) is 2.68. The van der Waals surface area contributed by atoms with Crippen LogP contribution in [0.3, 0.4) is 0 Å². The largest absolute Gasteiger partial charge is 0.317 e. The van der Waals surface area contributed by atoms with Gasteiger partial charge in [0.25, 0.3) is 11.8 Å². The fraction of sp³-hybridized carbons (Fsp3) is 0.0625. The number of benzene rings is 1. The smallest absolute Gasteiger partial charge is 0.265 e. The molecule has 7 heteroatoms. The second-order valence-electron chi connectivity index (χ2n) is 4.96. The Bertz CT molecular complexity index is 839. The van der Waals surface area contributed by atoms with E-state index in [-0.39, 0.29) is 10.7 Å². The summed E-state index contributed by atoms with van der Waals surface area (Å²) < 4.78 is 2.87. The molecule has 1 aliphatic rings. The number of hydrogen-bond donors (Lipinski definition) is 1. The first-order valence-electron chi connectivity index (χ1n) is 6.76. The number of hydrogen-bond acceptors (Lipinski definition) is 3. The third kappa shape index (κ3) is 2.97. The summed E-state index contributed by atoms with van der Waals surface area (Å²) in [5, 5.41) is 2.61. The van der Waals surface area contributed by atoms with E-state index in [2.05, 4.69) is 21.2 Å². The normalized spacial score (nSPS) is 16.9. The van der Waals surface area contributed by atoms with Crippen LogP contribution >= 0.6 is 28.1 Å². The minimum atomic E-state index is -0.485. The van der Waals surface area contributed by atoms with Crippen LogP contribution in [0.15, 0.2) is 52.6 Å². The molecule has 2 aromatic rings. The van der Waals surface area contributed by atoms with Crippen LogP contribution in [0.5, 0.6) is 0 Å². The van der Waals surface area contributed by atoms with Gasteiger partial charge in [0.2, 0.25) is 0 Å². The number of amides is 2. The molecule has 2 heterocycles. The SMILES string of the molecule is CN1C(=O)C(=Cc2cccn2-c2ccc(Br)cc2)C(=O)NC1=S. The van der Waals surface area contributed by atoms with E-state index in [1.807, 2.05) is 47.2 Å². The molecule has 0 atom stereocenters. The number of nitrogens with one attached hydrogen (secondary N) is 1. The molecule has 1 aromatic carbocycles. The Morgan fingerprint density at radius 3 is 2.57 bits per heavy atom. The van der Waals surface area contributed by atoms with E-state index < -0.39 is 11.8 Å². The van der Waals surface area contributed by atoms with Gasteiger partial charge in [-0.1, -0.05) is 15.9 Å². The highest BCUT2D eigenvalue weighted by Crippen LogP contribution is 2.19. The van der Waals surface area contributed by atoms with Gasteiger partial charge in [-0.25, -0.2) is 0 Å². The van der Waals surface area contributed by atoms with E-state index in [0.717, 1.165) is 15.9 Å². The Morgan fingerprint density at radius 2 is 1.87 bits per heavy atom. The van der Waals surface area contributed by atoms with Crippen molar-refractivity contribution in [2.45, 2.75) is 0 Å². The summed E-state index contributed by atoms with van der Waals surface area (Å²) >= 11 is 8.33. The molecule has 3 rings (SSSR count). The molecule has 5 nitrogen and oxygen atoms in total. The van der Waals surface area contributed by atoms with Gasteiger partial charge in [0.1, 0.15) is 5.57 Å². The summed E-state index contributed by atoms with van der Waals surface area (Å²) in [6.07, 6.45) is 3.44. The zero-order valence-corrected chi connectivity index (χ0v) is 14.5. The highest BCUT2D eigenvalue weighted by atomic mass is 79.9. The van der Waals surface area contributed by atoms with Gasteiger partial charge in [0.15, 0.2) is 5.11 Å². The van der Waals surface area contributed by atoms with Crippen molar-refractivity contribution in [1.82, 2.24) is 14.8 Å².